The van der Waals surface area contributed by atoms with Crippen LogP contribution in [0.3, 0.4) is 0 Å². The molecule has 3 N–H and O–H groups in total. The van der Waals surface area contributed by atoms with Gasteiger partial charge in [0.1, 0.15) is 0 Å². The molecule has 1 aliphatic rings. The fourth-order valence-corrected chi connectivity index (χ4v) is 4.02. The van der Waals surface area contributed by atoms with Crippen LogP contribution in [0, 0.1) is 11.3 Å². The number of nitrogens with one attached hydrogen (secondary N) is 1. The van der Waals surface area contributed by atoms with Crippen LogP contribution in [0.15, 0.2) is 24.3 Å². The van der Waals surface area contributed by atoms with Crippen LogP contribution in [0.5, 0.6) is 0 Å². The molecule has 1 aliphatic carbocycles. The number of benzene rings is 1. The lowest BCUT2D eigenvalue weighted by atomic mass is 9.78. The van der Waals surface area contributed by atoms with Gasteiger partial charge in [-0.1, -0.05) is 51.0 Å². The highest BCUT2D eigenvalue weighted by Crippen LogP contribution is 2.42. The largest absolute Gasteiger partial charge is 0.326 e. The Hall–Kier alpha value is -0.860. The van der Waals surface area contributed by atoms with Crippen molar-refractivity contribution in [2.75, 3.05) is 13.1 Å². The summed E-state index contributed by atoms with van der Waals surface area (Å²) >= 11 is 0. The minimum absolute atomic E-state index is 0.571. The summed E-state index contributed by atoms with van der Waals surface area (Å²) in [5.74, 6) is 0.808. The molecular formula is C19H32N2. The van der Waals surface area contributed by atoms with Gasteiger partial charge in [-0.25, -0.2) is 0 Å². The third-order valence-corrected chi connectivity index (χ3v) is 4.91. The standard InChI is InChI=1S/C19H32N2/c1-16(2)13-19(10-5-6-11-19)15-21-12-9-17-7-3-4-8-18(17)14-20/h3-4,7-8,16,21H,5-6,9-15,20H2,1-2H3. The van der Waals surface area contributed by atoms with Crippen molar-refractivity contribution >= 4 is 0 Å². The average Bonchev–Trinajstić information content (AvgIpc) is 2.92. The third-order valence-electron chi connectivity index (χ3n) is 4.91. The lowest BCUT2D eigenvalue weighted by molar-refractivity contribution is 0.225. The third kappa shape index (κ3) is 4.82. The van der Waals surface area contributed by atoms with Crippen molar-refractivity contribution in [3.05, 3.63) is 35.4 Å². The van der Waals surface area contributed by atoms with E-state index in [2.05, 4.69) is 43.4 Å². The maximum absolute atomic E-state index is 5.81. The van der Waals surface area contributed by atoms with Crippen molar-refractivity contribution in [2.24, 2.45) is 17.1 Å². The van der Waals surface area contributed by atoms with E-state index in [1.165, 1.54) is 49.8 Å². The summed E-state index contributed by atoms with van der Waals surface area (Å²) in [6.07, 6.45) is 8.13. The van der Waals surface area contributed by atoms with Crippen LogP contribution in [0.25, 0.3) is 0 Å². The zero-order valence-electron chi connectivity index (χ0n) is 13.8. The fourth-order valence-electron chi connectivity index (χ4n) is 4.02. The summed E-state index contributed by atoms with van der Waals surface area (Å²) in [7, 11) is 0. The van der Waals surface area contributed by atoms with Crippen LogP contribution in [-0.2, 0) is 13.0 Å². The maximum atomic E-state index is 5.81. The van der Waals surface area contributed by atoms with Crippen molar-refractivity contribution in [3.63, 3.8) is 0 Å². The Morgan fingerprint density at radius 2 is 1.81 bits per heavy atom. The molecule has 1 aromatic rings. The van der Waals surface area contributed by atoms with E-state index in [0.29, 0.717) is 12.0 Å². The smallest absolute Gasteiger partial charge is 0.0180 e. The van der Waals surface area contributed by atoms with Gasteiger partial charge in [0.05, 0.1) is 0 Å². The predicted octanol–water partition coefficient (Wildman–Crippen LogP) is 3.88. The van der Waals surface area contributed by atoms with Gasteiger partial charge in [0.25, 0.3) is 0 Å². The molecule has 2 heteroatoms. The van der Waals surface area contributed by atoms with Crippen molar-refractivity contribution in [1.29, 1.82) is 0 Å². The molecule has 0 atom stereocenters. The second-order valence-corrected chi connectivity index (χ2v) is 7.20. The molecule has 21 heavy (non-hydrogen) atoms. The average molecular weight is 288 g/mol. The predicted molar refractivity (Wildman–Crippen MR) is 91.3 cm³/mol. The van der Waals surface area contributed by atoms with E-state index in [1.807, 2.05) is 0 Å². The first kappa shape index (κ1) is 16.5. The monoisotopic (exact) mass is 288 g/mol. The molecular weight excluding hydrogens is 256 g/mol. The summed E-state index contributed by atoms with van der Waals surface area (Å²) in [5.41, 5.74) is 9.07. The lowest BCUT2D eigenvalue weighted by Gasteiger charge is -2.31. The Morgan fingerprint density at radius 1 is 1.14 bits per heavy atom. The lowest BCUT2D eigenvalue weighted by Crippen LogP contribution is -2.34. The zero-order valence-corrected chi connectivity index (χ0v) is 13.8. The molecule has 118 valence electrons. The Bertz CT molecular complexity index is 419. The Balaban J connectivity index is 1.80. The molecule has 0 radical (unpaired) electrons. The molecule has 0 spiro atoms. The van der Waals surface area contributed by atoms with Crippen molar-refractivity contribution in [2.45, 2.75) is 58.9 Å². The fraction of sp³-hybridized carbons (Fsp3) is 0.684. The topological polar surface area (TPSA) is 38.0 Å². The first-order valence-electron chi connectivity index (χ1n) is 8.63. The summed E-state index contributed by atoms with van der Waals surface area (Å²) in [5, 5.41) is 3.73. The minimum atomic E-state index is 0.571. The highest BCUT2D eigenvalue weighted by Gasteiger charge is 2.33. The van der Waals surface area contributed by atoms with Crippen LogP contribution in [0.4, 0.5) is 0 Å². The highest BCUT2D eigenvalue weighted by molar-refractivity contribution is 5.27. The number of nitrogens with two attached hydrogens (primary N) is 1. The minimum Gasteiger partial charge on any atom is -0.326 e. The van der Waals surface area contributed by atoms with Gasteiger partial charge in [-0.05, 0) is 54.7 Å². The Labute approximate surface area is 130 Å². The molecule has 1 aromatic carbocycles. The molecule has 0 amide bonds. The van der Waals surface area contributed by atoms with Gasteiger partial charge in [-0.15, -0.1) is 0 Å². The van der Waals surface area contributed by atoms with Crippen LogP contribution >= 0.6 is 0 Å². The molecule has 0 saturated heterocycles. The van der Waals surface area contributed by atoms with Gasteiger partial charge < -0.3 is 11.1 Å². The second-order valence-electron chi connectivity index (χ2n) is 7.20. The quantitative estimate of drug-likeness (QED) is 0.712. The van der Waals surface area contributed by atoms with Crippen LogP contribution in [0.1, 0.15) is 57.1 Å². The highest BCUT2D eigenvalue weighted by atomic mass is 14.9. The van der Waals surface area contributed by atoms with Crippen LogP contribution < -0.4 is 11.1 Å². The molecule has 0 bridgehead atoms. The van der Waals surface area contributed by atoms with E-state index in [4.69, 9.17) is 5.73 Å². The van der Waals surface area contributed by atoms with Crippen molar-refractivity contribution in [1.82, 2.24) is 5.32 Å². The Kier molecular flexibility index (Phi) is 6.25. The van der Waals surface area contributed by atoms with Gasteiger partial charge >= 0.3 is 0 Å². The van der Waals surface area contributed by atoms with Crippen molar-refractivity contribution < 1.29 is 0 Å². The van der Waals surface area contributed by atoms with E-state index in [9.17, 15) is 0 Å². The molecule has 0 unspecified atom stereocenters. The summed E-state index contributed by atoms with van der Waals surface area (Å²) in [6.45, 7) is 7.62. The van der Waals surface area contributed by atoms with Gasteiger partial charge in [0.2, 0.25) is 0 Å². The number of hydrogen-bond acceptors (Lipinski definition) is 2. The van der Waals surface area contributed by atoms with Gasteiger partial charge in [0.15, 0.2) is 0 Å². The van der Waals surface area contributed by atoms with E-state index < -0.39 is 0 Å². The van der Waals surface area contributed by atoms with Gasteiger partial charge in [-0.3, -0.25) is 0 Å². The van der Waals surface area contributed by atoms with Crippen LogP contribution in [0.2, 0.25) is 0 Å². The SMILES string of the molecule is CC(C)CC1(CNCCc2ccccc2CN)CCCC1. The molecule has 1 fully saturated rings. The second kappa shape index (κ2) is 7.95. The van der Waals surface area contributed by atoms with E-state index in [0.717, 1.165) is 18.9 Å². The number of hydrogen-bond donors (Lipinski definition) is 2. The molecule has 0 aromatic heterocycles. The summed E-state index contributed by atoms with van der Waals surface area (Å²) < 4.78 is 0. The molecule has 0 heterocycles. The van der Waals surface area contributed by atoms with Crippen molar-refractivity contribution in [3.8, 4) is 0 Å². The molecule has 2 rings (SSSR count). The first-order valence-corrected chi connectivity index (χ1v) is 8.63. The van der Waals surface area contributed by atoms with E-state index >= 15 is 0 Å². The molecule has 1 saturated carbocycles. The number of rotatable bonds is 8. The molecule has 0 aliphatic heterocycles. The van der Waals surface area contributed by atoms with Gasteiger partial charge in [0, 0.05) is 13.1 Å². The molecule has 2 nitrogen and oxygen atoms in total. The Morgan fingerprint density at radius 3 is 2.43 bits per heavy atom. The first-order chi connectivity index (χ1) is 10.2. The maximum Gasteiger partial charge on any atom is 0.0180 e. The van der Waals surface area contributed by atoms with Crippen LogP contribution in [-0.4, -0.2) is 13.1 Å². The zero-order chi connectivity index (χ0) is 15.1. The van der Waals surface area contributed by atoms with Gasteiger partial charge in [-0.2, -0.15) is 0 Å². The summed E-state index contributed by atoms with van der Waals surface area (Å²) in [6, 6.07) is 8.55. The summed E-state index contributed by atoms with van der Waals surface area (Å²) in [4.78, 5) is 0. The van der Waals surface area contributed by atoms with E-state index in [-0.39, 0.29) is 0 Å². The van der Waals surface area contributed by atoms with E-state index in [1.54, 1.807) is 0 Å². The normalized spacial score (nSPS) is 17.5.